The maximum Gasteiger partial charge on any atom is 0.237 e. The van der Waals surface area contributed by atoms with E-state index in [1.54, 1.807) is 13.2 Å². The highest BCUT2D eigenvalue weighted by Crippen LogP contribution is 2.30. The van der Waals surface area contributed by atoms with Gasteiger partial charge in [0.05, 0.1) is 17.5 Å². The van der Waals surface area contributed by atoms with Crippen LogP contribution in [0, 0.1) is 5.92 Å². The van der Waals surface area contributed by atoms with E-state index < -0.39 is 41.3 Å². The molecular formula is C20H37ClN2O6S. The molecule has 10 heteroatoms. The van der Waals surface area contributed by atoms with Crippen LogP contribution in [0.1, 0.15) is 45.4 Å². The predicted octanol–water partition coefficient (Wildman–Crippen LogP) is 0.190. The highest BCUT2D eigenvalue weighted by atomic mass is 35.5. The Bertz CT molecular complexity index is 530. The summed E-state index contributed by atoms with van der Waals surface area (Å²) in [5.41, 5.74) is -0.723. The van der Waals surface area contributed by atoms with Crippen LogP contribution in [-0.4, -0.2) is 93.1 Å². The maximum atomic E-state index is 13.0. The Balaban J connectivity index is 1.98. The minimum Gasteiger partial charge on any atom is -0.396 e. The van der Waals surface area contributed by atoms with Crippen LogP contribution in [0.4, 0.5) is 0 Å². The molecule has 9 atom stereocenters. The van der Waals surface area contributed by atoms with Gasteiger partial charge in [0.15, 0.2) is 0 Å². The molecule has 0 aliphatic carbocycles. The normalized spacial score (nSPS) is 37.2. The largest absolute Gasteiger partial charge is 0.396 e. The number of nitrogens with one attached hydrogen (secondary N) is 2. The molecule has 2 fully saturated rings. The molecular weight excluding hydrogens is 432 g/mol. The highest BCUT2D eigenvalue weighted by Gasteiger charge is 2.48. The Morgan fingerprint density at radius 1 is 1.20 bits per heavy atom. The number of hydrogen-bond donors (Lipinski definition) is 6. The van der Waals surface area contributed by atoms with Crippen molar-refractivity contribution in [3.8, 4) is 0 Å². The molecule has 0 radical (unpaired) electrons. The number of amides is 1. The molecule has 0 aromatic heterocycles. The van der Waals surface area contributed by atoms with Crippen molar-refractivity contribution in [1.29, 1.82) is 0 Å². The molecule has 2 heterocycles. The number of carbonyl (C=O) groups excluding carboxylic acids is 1. The SMILES string of the molecule is CS[C@H]1O[C@H]([C@H](NC(=O)[C@@H]2CC[C@H](CCCCO)CCN2)[C@H](C)Cl)[C@H](O)[C@H](O)[C@H]1O. The summed E-state index contributed by atoms with van der Waals surface area (Å²) in [4.78, 5) is 13.0. The van der Waals surface area contributed by atoms with Gasteiger partial charge in [-0.3, -0.25) is 4.79 Å². The summed E-state index contributed by atoms with van der Waals surface area (Å²) in [6.07, 6.45) is 2.30. The number of carbonyl (C=O) groups is 1. The van der Waals surface area contributed by atoms with Gasteiger partial charge in [-0.05, 0) is 51.3 Å². The molecule has 30 heavy (non-hydrogen) atoms. The summed E-state index contributed by atoms with van der Waals surface area (Å²) in [5.74, 6) is 0.327. The first-order chi connectivity index (χ1) is 14.3. The average molecular weight is 469 g/mol. The fourth-order valence-electron chi connectivity index (χ4n) is 4.26. The van der Waals surface area contributed by atoms with E-state index in [0.29, 0.717) is 12.3 Å². The Labute approximate surface area is 188 Å². The van der Waals surface area contributed by atoms with E-state index in [1.807, 2.05) is 0 Å². The third-order valence-electron chi connectivity index (χ3n) is 6.14. The summed E-state index contributed by atoms with van der Waals surface area (Å²) in [6, 6.07) is -1.09. The van der Waals surface area contributed by atoms with E-state index >= 15 is 0 Å². The van der Waals surface area contributed by atoms with Crippen LogP contribution in [-0.2, 0) is 9.53 Å². The first-order valence-electron chi connectivity index (χ1n) is 10.8. The van der Waals surface area contributed by atoms with Gasteiger partial charge in [-0.15, -0.1) is 23.4 Å². The van der Waals surface area contributed by atoms with E-state index in [2.05, 4.69) is 10.6 Å². The van der Waals surface area contributed by atoms with Gasteiger partial charge in [0, 0.05) is 6.61 Å². The van der Waals surface area contributed by atoms with Crippen LogP contribution in [0.3, 0.4) is 0 Å². The molecule has 2 rings (SSSR count). The van der Waals surface area contributed by atoms with Crippen molar-refractivity contribution in [3.63, 3.8) is 0 Å². The van der Waals surface area contributed by atoms with E-state index in [1.165, 1.54) is 11.8 Å². The standard InChI is InChI=1S/C20H37ClN2O6S/c1-11(21)14(18-16(26)15(25)17(27)20(29-18)30-2)23-19(28)13-7-6-12(8-9-22-13)5-3-4-10-24/h11-18,20,22,24-27H,3-10H2,1-2H3,(H,23,28)/t11-,12-,13-,14+,15-,16+,17+,18+,20+/m0/s1. The van der Waals surface area contributed by atoms with Crippen molar-refractivity contribution in [2.75, 3.05) is 19.4 Å². The van der Waals surface area contributed by atoms with Gasteiger partial charge < -0.3 is 35.8 Å². The average Bonchev–Trinajstić information content (AvgIpc) is 2.97. The van der Waals surface area contributed by atoms with Crippen molar-refractivity contribution in [1.82, 2.24) is 10.6 Å². The van der Waals surface area contributed by atoms with Gasteiger partial charge in [-0.25, -0.2) is 0 Å². The van der Waals surface area contributed by atoms with Crippen LogP contribution >= 0.6 is 23.4 Å². The van der Waals surface area contributed by atoms with Crippen molar-refractivity contribution in [2.45, 2.75) is 92.8 Å². The van der Waals surface area contributed by atoms with Crippen molar-refractivity contribution < 1.29 is 30.0 Å². The summed E-state index contributed by atoms with van der Waals surface area (Å²) in [7, 11) is 0. The molecule has 176 valence electrons. The fourth-order valence-corrected chi connectivity index (χ4v) is 5.14. The summed E-state index contributed by atoms with van der Waals surface area (Å²) < 4.78 is 5.80. The fraction of sp³-hybridized carbons (Fsp3) is 0.950. The zero-order chi connectivity index (χ0) is 22.3. The van der Waals surface area contributed by atoms with E-state index in [4.69, 9.17) is 21.4 Å². The van der Waals surface area contributed by atoms with Gasteiger partial charge in [0.1, 0.15) is 29.9 Å². The molecule has 0 unspecified atom stereocenters. The first kappa shape index (κ1) is 26.1. The third-order valence-corrected chi connectivity index (χ3v) is 7.27. The number of thioether (sulfide) groups is 1. The lowest BCUT2D eigenvalue weighted by molar-refractivity contribution is -0.205. The molecule has 0 aromatic carbocycles. The summed E-state index contributed by atoms with van der Waals surface area (Å²) >= 11 is 7.55. The van der Waals surface area contributed by atoms with Crippen LogP contribution in [0.25, 0.3) is 0 Å². The van der Waals surface area contributed by atoms with Crippen molar-refractivity contribution in [3.05, 3.63) is 0 Å². The van der Waals surface area contributed by atoms with E-state index in [-0.39, 0.29) is 18.6 Å². The molecule has 0 saturated carbocycles. The number of alkyl halides is 1. The zero-order valence-electron chi connectivity index (χ0n) is 17.7. The molecule has 2 aliphatic heterocycles. The molecule has 2 aliphatic rings. The Morgan fingerprint density at radius 2 is 1.93 bits per heavy atom. The predicted molar refractivity (Wildman–Crippen MR) is 118 cm³/mol. The number of rotatable bonds is 9. The van der Waals surface area contributed by atoms with Gasteiger partial charge in [-0.2, -0.15) is 0 Å². The highest BCUT2D eigenvalue weighted by molar-refractivity contribution is 7.99. The first-order valence-corrected chi connectivity index (χ1v) is 12.5. The minimum atomic E-state index is -1.38. The Kier molecular flexibility index (Phi) is 11.1. The van der Waals surface area contributed by atoms with Gasteiger partial charge in [0.2, 0.25) is 5.91 Å². The summed E-state index contributed by atoms with van der Waals surface area (Å²) in [5, 5.41) is 45.3. The smallest absolute Gasteiger partial charge is 0.237 e. The molecule has 0 spiro atoms. The topological polar surface area (TPSA) is 131 Å². The number of ether oxygens (including phenoxy) is 1. The molecule has 6 N–H and O–H groups in total. The maximum absolute atomic E-state index is 13.0. The van der Waals surface area contributed by atoms with Crippen molar-refractivity contribution >= 4 is 29.3 Å². The van der Waals surface area contributed by atoms with Crippen LogP contribution in [0.2, 0.25) is 0 Å². The lowest BCUT2D eigenvalue weighted by Gasteiger charge is -2.44. The number of halogens is 1. The number of aliphatic hydroxyl groups is 4. The third kappa shape index (κ3) is 6.93. The zero-order valence-corrected chi connectivity index (χ0v) is 19.3. The van der Waals surface area contributed by atoms with Gasteiger partial charge in [0.25, 0.3) is 0 Å². The lowest BCUT2D eigenvalue weighted by atomic mass is 9.92. The van der Waals surface area contributed by atoms with E-state index in [9.17, 15) is 20.1 Å². The van der Waals surface area contributed by atoms with E-state index in [0.717, 1.165) is 38.6 Å². The Hall–Kier alpha value is -0.130. The van der Waals surface area contributed by atoms with Crippen molar-refractivity contribution in [2.24, 2.45) is 5.92 Å². The molecule has 0 aromatic rings. The summed E-state index contributed by atoms with van der Waals surface area (Å²) in [6.45, 7) is 2.66. The van der Waals surface area contributed by atoms with Crippen LogP contribution in [0.15, 0.2) is 0 Å². The monoisotopic (exact) mass is 468 g/mol. The van der Waals surface area contributed by atoms with Crippen LogP contribution < -0.4 is 10.6 Å². The number of aliphatic hydroxyl groups excluding tert-OH is 4. The van der Waals surface area contributed by atoms with Crippen LogP contribution in [0.5, 0.6) is 0 Å². The molecule has 1 amide bonds. The molecule has 0 bridgehead atoms. The van der Waals surface area contributed by atoms with Gasteiger partial charge in [-0.1, -0.05) is 12.8 Å². The quantitative estimate of drug-likeness (QED) is 0.209. The molecule has 8 nitrogen and oxygen atoms in total. The number of hydrogen-bond acceptors (Lipinski definition) is 8. The second-order valence-corrected chi connectivity index (χ2v) is 9.97. The lowest BCUT2D eigenvalue weighted by Crippen LogP contribution is -2.65. The number of unbranched alkanes of at least 4 members (excludes halogenated alkanes) is 1. The second kappa shape index (κ2) is 12.8. The van der Waals surface area contributed by atoms with Gasteiger partial charge >= 0.3 is 0 Å². The second-order valence-electron chi connectivity index (χ2n) is 8.35. The Morgan fingerprint density at radius 3 is 2.57 bits per heavy atom. The molecule has 2 saturated heterocycles. The minimum absolute atomic E-state index is 0.208.